The van der Waals surface area contributed by atoms with Gasteiger partial charge in [-0.05, 0) is 67.9 Å². The van der Waals surface area contributed by atoms with Crippen molar-refractivity contribution in [2.75, 3.05) is 13.6 Å². The molecule has 0 saturated carbocycles. The van der Waals surface area contributed by atoms with Gasteiger partial charge in [0.05, 0.1) is 11.3 Å². The molecule has 1 heterocycles. The highest BCUT2D eigenvalue weighted by Crippen LogP contribution is 2.37. The molecule has 1 aromatic heterocycles. The lowest BCUT2D eigenvalue weighted by Crippen LogP contribution is -2.46. The predicted molar refractivity (Wildman–Crippen MR) is 143 cm³/mol. The van der Waals surface area contributed by atoms with Crippen LogP contribution in [0, 0.1) is 5.82 Å². The fourth-order valence-electron chi connectivity index (χ4n) is 4.19. The molecule has 3 rings (SSSR count). The van der Waals surface area contributed by atoms with Gasteiger partial charge >= 0.3 is 6.18 Å². The van der Waals surface area contributed by atoms with E-state index < -0.39 is 23.1 Å². The molecule has 0 fully saturated rings. The van der Waals surface area contributed by atoms with Gasteiger partial charge in [-0.3, -0.25) is 9.78 Å². The maximum atomic E-state index is 14.3. The zero-order valence-corrected chi connectivity index (χ0v) is 22.2. The number of hydrogen-bond acceptors (Lipinski definition) is 3. The van der Waals surface area contributed by atoms with Crippen molar-refractivity contribution in [2.45, 2.75) is 64.1 Å². The maximum Gasteiger partial charge on any atom is 0.416 e. The van der Waals surface area contributed by atoms with E-state index in [1.807, 2.05) is 14.0 Å². The zero-order valence-electron chi connectivity index (χ0n) is 22.2. The van der Waals surface area contributed by atoms with Crippen LogP contribution in [0.3, 0.4) is 0 Å². The second-order valence-electron chi connectivity index (χ2n) is 9.09. The molecule has 8 heteroatoms. The van der Waals surface area contributed by atoms with Crippen LogP contribution in [0.2, 0.25) is 0 Å². The largest absolute Gasteiger partial charge is 0.416 e. The van der Waals surface area contributed by atoms with Crippen molar-refractivity contribution in [3.8, 4) is 0 Å². The van der Waals surface area contributed by atoms with Crippen LogP contribution in [0.25, 0.3) is 0 Å². The molecule has 0 radical (unpaired) electrons. The Morgan fingerprint density at radius 2 is 1.61 bits per heavy atom. The fraction of sp³-hybridized carbons (Fsp3) is 0.400. The highest BCUT2D eigenvalue weighted by molar-refractivity contribution is 5.54. The van der Waals surface area contributed by atoms with E-state index in [2.05, 4.69) is 22.5 Å². The topological polar surface area (TPSA) is 54.0 Å². The average molecular weight is 532 g/mol. The Morgan fingerprint density at radius 3 is 2.21 bits per heavy atom. The molecule has 4 nitrogen and oxygen atoms in total. The summed E-state index contributed by atoms with van der Waals surface area (Å²) in [6.07, 6.45) is 1.80. The standard InChI is InChI=1S/C23H20F4N2O.C7H17N/c1-2-20-9-6-10-21(29-20)22(28-15-30,14-16-7-4-3-5-8-16)17-11-18(23(25,26)27)13-19(24)12-17;1-3-4-5-6-7-8-2/h3-13,15H,2,14H2,1H3,(H,28,30);8H,3-7H2,1-2H3. The molecule has 0 aliphatic rings. The van der Waals surface area contributed by atoms with Crippen LogP contribution in [0.15, 0.2) is 66.7 Å². The Morgan fingerprint density at radius 1 is 0.895 bits per heavy atom. The van der Waals surface area contributed by atoms with Gasteiger partial charge in [0.2, 0.25) is 6.41 Å². The number of amides is 1. The number of carbonyl (C=O) groups excluding carboxylic acids is 1. The lowest BCUT2D eigenvalue weighted by atomic mass is 9.80. The Bertz CT molecular complexity index is 1120. The van der Waals surface area contributed by atoms with E-state index in [-0.39, 0.29) is 12.0 Å². The molecule has 1 amide bonds. The van der Waals surface area contributed by atoms with Crippen molar-refractivity contribution >= 4 is 6.41 Å². The molecule has 0 spiro atoms. The number of aromatic nitrogens is 1. The van der Waals surface area contributed by atoms with Crippen molar-refractivity contribution < 1.29 is 22.4 Å². The number of halogens is 4. The number of aryl methyl sites for hydroxylation is 1. The number of nitrogens with one attached hydrogen (secondary N) is 2. The molecule has 206 valence electrons. The summed E-state index contributed by atoms with van der Waals surface area (Å²) in [4.78, 5) is 16.2. The van der Waals surface area contributed by atoms with Crippen LogP contribution in [-0.2, 0) is 29.4 Å². The van der Waals surface area contributed by atoms with Crippen molar-refractivity contribution in [3.63, 3.8) is 0 Å². The molecule has 3 aromatic rings. The van der Waals surface area contributed by atoms with E-state index in [1.54, 1.807) is 48.5 Å². The number of hydrogen-bond donors (Lipinski definition) is 2. The Hall–Kier alpha value is -3.26. The molecule has 2 N–H and O–H groups in total. The molecular weight excluding hydrogens is 494 g/mol. The SMILES string of the molecule is CCCCCCNC.CCc1cccc(C(Cc2ccccc2)(NC=O)c2cc(F)cc(C(F)(F)F)c2)n1. The van der Waals surface area contributed by atoms with Crippen LogP contribution in [0.4, 0.5) is 17.6 Å². The van der Waals surface area contributed by atoms with Gasteiger partial charge < -0.3 is 10.6 Å². The monoisotopic (exact) mass is 531 g/mol. The zero-order chi connectivity index (χ0) is 28.0. The summed E-state index contributed by atoms with van der Waals surface area (Å²) >= 11 is 0. The summed E-state index contributed by atoms with van der Waals surface area (Å²) in [7, 11) is 2.01. The van der Waals surface area contributed by atoms with Gasteiger partial charge in [0.15, 0.2) is 0 Å². The normalized spacial score (nSPS) is 12.7. The van der Waals surface area contributed by atoms with Crippen LogP contribution < -0.4 is 10.6 Å². The maximum absolute atomic E-state index is 14.3. The lowest BCUT2D eigenvalue weighted by molar-refractivity contribution is -0.137. The summed E-state index contributed by atoms with van der Waals surface area (Å²) in [5, 5.41) is 5.78. The van der Waals surface area contributed by atoms with Crippen molar-refractivity contribution in [1.82, 2.24) is 15.6 Å². The minimum atomic E-state index is -4.74. The third-order valence-electron chi connectivity index (χ3n) is 6.22. The Balaban J connectivity index is 0.000000550. The minimum absolute atomic E-state index is 0.0356. The van der Waals surface area contributed by atoms with E-state index in [4.69, 9.17) is 0 Å². The molecular formula is C30H37F4N3O. The molecule has 0 aliphatic heterocycles. The van der Waals surface area contributed by atoms with Gasteiger partial charge in [-0.2, -0.15) is 13.2 Å². The summed E-state index contributed by atoms with van der Waals surface area (Å²) in [6.45, 7) is 5.31. The summed E-state index contributed by atoms with van der Waals surface area (Å²) in [5.41, 5.74) is -0.882. The number of benzene rings is 2. The van der Waals surface area contributed by atoms with Gasteiger partial charge in [0.1, 0.15) is 11.4 Å². The number of pyridine rings is 1. The van der Waals surface area contributed by atoms with Crippen molar-refractivity contribution in [1.29, 1.82) is 0 Å². The average Bonchev–Trinajstić information content (AvgIpc) is 2.91. The molecule has 0 bridgehead atoms. The Kier molecular flexibility index (Phi) is 12.4. The number of alkyl halides is 3. The third kappa shape index (κ3) is 8.94. The van der Waals surface area contributed by atoms with E-state index in [0.717, 1.165) is 17.7 Å². The molecule has 1 unspecified atom stereocenters. The number of nitrogens with zero attached hydrogens (tertiary/aromatic N) is 1. The summed E-state index contributed by atoms with van der Waals surface area (Å²) < 4.78 is 54.5. The minimum Gasteiger partial charge on any atom is -0.343 e. The third-order valence-corrected chi connectivity index (χ3v) is 6.22. The summed E-state index contributed by atoms with van der Waals surface area (Å²) in [6, 6.07) is 16.4. The Labute approximate surface area is 222 Å². The highest BCUT2D eigenvalue weighted by atomic mass is 19.4. The molecule has 38 heavy (non-hydrogen) atoms. The quantitative estimate of drug-likeness (QED) is 0.153. The predicted octanol–water partition coefficient (Wildman–Crippen LogP) is 6.82. The van der Waals surface area contributed by atoms with Crippen molar-refractivity contribution in [3.05, 3.63) is 101 Å². The van der Waals surface area contributed by atoms with Crippen molar-refractivity contribution in [2.24, 2.45) is 0 Å². The highest BCUT2D eigenvalue weighted by Gasteiger charge is 2.39. The van der Waals surface area contributed by atoms with E-state index in [1.165, 1.54) is 32.2 Å². The smallest absolute Gasteiger partial charge is 0.343 e. The first kappa shape index (κ1) is 31.0. The van der Waals surface area contributed by atoms with Gasteiger partial charge in [-0.15, -0.1) is 0 Å². The van der Waals surface area contributed by atoms with E-state index in [9.17, 15) is 22.4 Å². The van der Waals surface area contributed by atoms with Gasteiger partial charge in [-0.1, -0.05) is 69.5 Å². The number of unbranched alkanes of at least 4 members (excludes halogenated alkanes) is 3. The number of rotatable bonds is 12. The molecule has 1 atom stereocenters. The van der Waals surface area contributed by atoms with Gasteiger partial charge in [0.25, 0.3) is 0 Å². The van der Waals surface area contributed by atoms with Crippen LogP contribution in [-0.4, -0.2) is 25.0 Å². The summed E-state index contributed by atoms with van der Waals surface area (Å²) in [5.74, 6) is -1.04. The first-order valence-electron chi connectivity index (χ1n) is 12.9. The second-order valence-corrected chi connectivity index (χ2v) is 9.09. The van der Waals surface area contributed by atoms with Crippen LogP contribution in [0.5, 0.6) is 0 Å². The van der Waals surface area contributed by atoms with E-state index in [0.29, 0.717) is 30.3 Å². The van der Waals surface area contributed by atoms with Gasteiger partial charge in [0, 0.05) is 12.1 Å². The number of carbonyl (C=O) groups is 1. The fourth-order valence-corrected chi connectivity index (χ4v) is 4.19. The first-order valence-corrected chi connectivity index (χ1v) is 12.9. The van der Waals surface area contributed by atoms with Crippen LogP contribution >= 0.6 is 0 Å². The lowest BCUT2D eigenvalue weighted by Gasteiger charge is -2.34. The van der Waals surface area contributed by atoms with Gasteiger partial charge in [-0.25, -0.2) is 4.39 Å². The van der Waals surface area contributed by atoms with Crippen LogP contribution in [0.1, 0.15) is 67.6 Å². The second kappa shape index (κ2) is 15.2. The molecule has 0 aliphatic carbocycles. The first-order chi connectivity index (χ1) is 18.2. The van der Waals surface area contributed by atoms with E-state index >= 15 is 0 Å². The molecule has 0 saturated heterocycles. The molecule has 2 aromatic carbocycles.